The molecule has 0 N–H and O–H groups in total. The predicted molar refractivity (Wildman–Crippen MR) is 99.3 cm³/mol. The van der Waals surface area contributed by atoms with Gasteiger partial charge in [0.1, 0.15) is 0 Å². The van der Waals surface area contributed by atoms with Crippen molar-refractivity contribution in [3.8, 4) is 11.4 Å². The Hall–Kier alpha value is -2.73. The summed E-state index contributed by atoms with van der Waals surface area (Å²) in [5, 5.41) is 8.73. The van der Waals surface area contributed by atoms with E-state index in [1.54, 1.807) is 0 Å². The molecule has 1 aliphatic rings. The molecule has 1 fully saturated rings. The molecule has 4 rings (SSSR count). The molecular formula is C20H23N5O. The number of allylic oxidation sites excluding steroid dienone is 1. The summed E-state index contributed by atoms with van der Waals surface area (Å²) < 4.78 is 7.54. The molecule has 0 spiro atoms. The minimum absolute atomic E-state index is 0.169. The molecule has 0 bridgehead atoms. The van der Waals surface area contributed by atoms with E-state index >= 15 is 0 Å². The van der Waals surface area contributed by atoms with E-state index < -0.39 is 0 Å². The minimum Gasteiger partial charge on any atom is -0.337 e. The lowest BCUT2D eigenvalue weighted by molar-refractivity contribution is 0.201. The molecule has 1 atom stereocenters. The first-order valence-corrected chi connectivity index (χ1v) is 9.01. The van der Waals surface area contributed by atoms with E-state index in [-0.39, 0.29) is 6.04 Å². The van der Waals surface area contributed by atoms with Crippen LogP contribution in [0.4, 0.5) is 0 Å². The molecule has 134 valence electrons. The van der Waals surface area contributed by atoms with E-state index in [2.05, 4.69) is 39.8 Å². The Balaban J connectivity index is 1.52. The van der Waals surface area contributed by atoms with Crippen LogP contribution in [-0.2, 0) is 13.1 Å². The fourth-order valence-electron chi connectivity index (χ4n) is 3.53. The van der Waals surface area contributed by atoms with Gasteiger partial charge < -0.3 is 4.52 Å². The highest BCUT2D eigenvalue weighted by molar-refractivity contribution is 5.53. The molecule has 1 unspecified atom stereocenters. The van der Waals surface area contributed by atoms with Crippen molar-refractivity contribution in [2.24, 2.45) is 0 Å². The molecule has 6 nitrogen and oxygen atoms in total. The van der Waals surface area contributed by atoms with Crippen LogP contribution < -0.4 is 0 Å². The maximum absolute atomic E-state index is 5.61. The van der Waals surface area contributed by atoms with Gasteiger partial charge in [0, 0.05) is 23.9 Å². The van der Waals surface area contributed by atoms with Crippen LogP contribution in [0.15, 0.2) is 53.7 Å². The van der Waals surface area contributed by atoms with Gasteiger partial charge in [-0.2, -0.15) is 10.1 Å². The summed E-state index contributed by atoms with van der Waals surface area (Å²) in [5.74, 6) is 1.36. The lowest BCUT2D eigenvalue weighted by atomic mass is 10.2. The number of hydrogen-bond donors (Lipinski definition) is 0. The average molecular weight is 349 g/mol. The minimum atomic E-state index is 0.169. The van der Waals surface area contributed by atoms with Gasteiger partial charge >= 0.3 is 0 Å². The Morgan fingerprint density at radius 2 is 2.15 bits per heavy atom. The standard InChI is InChI=1S/C20H23N5O/c1-3-11-25-14-17(15(2)22-25)13-24-12-7-10-18(24)20-21-19(23-26-20)16-8-5-4-6-9-16/h3-6,8-9,14,18H,1,7,10-13H2,2H3. The Morgan fingerprint density at radius 1 is 1.31 bits per heavy atom. The molecule has 2 aromatic heterocycles. The van der Waals surface area contributed by atoms with Gasteiger partial charge in [-0.1, -0.05) is 41.6 Å². The third-order valence-corrected chi connectivity index (χ3v) is 4.86. The van der Waals surface area contributed by atoms with Crippen LogP contribution >= 0.6 is 0 Å². The summed E-state index contributed by atoms with van der Waals surface area (Å²) in [7, 11) is 0. The molecule has 26 heavy (non-hydrogen) atoms. The van der Waals surface area contributed by atoms with Crippen molar-refractivity contribution in [1.82, 2.24) is 24.8 Å². The normalized spacial score (nSPS) is 17.7. The number of aromatic nitrogens is 4. The summed E-state index contributed by atoms with van der Waals surface area (Å²) in [6.45, 7) is 8.44. The van der Waals surface area contributed by atoms with Crippen LogP contribution in [0.5, 0.6) is 0 Å². The van der Waals surface area contributed by atoms with E-state index in [0.29, 0.717) is 11.7 Å². The summed E-state index contributed by atoms with van der Waals surface area (Å²) >= 11 is 0. The Kier molecular flexibility index (Phi) is 4.67. The summed E-state index contributed by atoms with van der Waals surface area (Å²) in [6, 6.07) is 10.1. The monoisotopic (exact) mass is 349 g/mol. The molecule has 0 aliphatic carbocycles. The second kappa shape index (κ2) is 7.25. The highest BCUT2D eigenvalue weighted by Gasteiger charge is 2.31. The van der Waals surface area contributed by atoms with Gasteiger partial charge in [-0.3, -0.25) is 9.58 Å². The number of likely N-dealkylation sites (tertiary alicyclic amines) is 1. The molecular weight excluding hydrogens is 326 g/mol. The molecule has 6 heteroatoms. The number of rotatable bonds is 6. The van der Waals surface area contributed by atoms with Crippen molar-refractivity contribution < 1.29 is 4.52 Å². The van der Waals surface area contributed by atoms with Crippen LogP contribution in [0.25, 0.3) is 11.4 Å². The average Bonchev–Trinajstić information content (AvgIpc) is 3.37. The van der Waals surface area contributed by atoms with Crippen molar-refractivity contribution >= 4 is 0 Å². The highest BCUT2D eigenvalue weighted by Crippen LogP contribution is 2.33. The highest BCUT2D eigenvalue weighted by atomic mass is 16.5. The topological polar surface area (TPSA) is 60.0 Å². The fraction of sp³-hybridized carbons (Fsp3) is 0.350. The first-order chi connectivity index (χ1) is 12.7. The predicted octanol–water partition coefficient (Wildman–Crippen LogP) is 3.76. The Morgan fingerprint density at radius 3 is 2.96 bits per heavy atom. The lowest BCUT2D eigenvalue weighted by Crippen LogP contribution is -2.23. The maximum Gasteiger partial charge on any atom is 0.244 e. The van der Waals surface area contributed by atoms with Crippen molar-refractivity contribution in [3.63, 3.8) is 0 Å². The first kappa shape index (κ1) is 16.7. The summed E-state index contributed by atoms with van der Waals surface area (Å²) in [6.07, 6.45) is 6.14. The quantitative estimate of drug-likeness (QED) is 0.634. The number of nitrogens with zero attached hydrogens (tertiary/aromatic N) is 5. The van der Waals surface area contributed by atoms with Gasteiger partial charge in [-0.05, 0) is 26.3 Å². The molecule has 0 saturated carbocycles. The van der Waals surface area contributed by atoms with Crippen LogP contribution in [-0.4, -0.2) is 31.4 Å². The van der Waals surface area contributed by atoms with Gasteiger partial charge in [0.05, 0.1) is 18.3 Å². The van der Waals surface area contributed by atoms with Crippen molar-refractivity contribution in [3.05, 3.63) is 66.3 Å². The van der Waals surface area contributed by atoms with E-state index in [9.17, 15) is 0 Å². The maximum atomic E-state index is 5.61. The SMILES string of the molecule is C=CCn1cc(CN2CCCC2c2nc(-c3ccccc3)no2)c(C)n1. The van der Waals surface area contributed by atoms with E-state index in [4.69, 9.17) is 4.52 Å². The molecule has 1 saturated heterocycles. The zero-order chi connectivity index (χ0) is 17.9. The zero-order valence-corrected chi connectivity index (χ0v) is 15.0. The lowest BCUT2D eigenvalue weighted by Gasteiger charge is -2.20. The van der Waals surface area contributed by atoms with Crippen molar-refractivity contribution in [2.45, 2.75) is 38.9 Å². The molecule has 3 heterocycles. The second-order valence-corrected chi connectivity index (χ2v) is 6.70. The number of hydrogen-bond acceptors (Lipinski definition) is 5. The van der Waals surface area contributed by atoms with Crippen LogP contribution in [0.2, 0.25) is 0 Å². The first-order valence-electron chi connectivity index (χ1n) is 9.01. The van der Waals surface area contributed by atoms with Gasteiger partial charge in [0.15, 0.2) is 0 Å². The fourth-order valence-corrected chi connectivity index (χ4v) is 3.53. The van der Waals surface area contributed by atoms with Gasteiger partial charge in [0.2, 0.25) is 11.7 Å². The molecule has 1 aliphatic heterocycles. The number of benzene rings is 1. The molecule has 3 aromatic rings. The molecule has 1 aromatic carbocycles. The summed E-state index contributed by atoms with van der Waals surface area (Å²) in [5.41, 5.74) is 3.28. The zero-order valence-electron chi connectivity index (χ0n) is 15.0. The van der Waals surface area contributed by atoms with Gasteiger partial charge in [-0.15, -0.1) is 6.58 Å². The van der Waals surface area contributed by atoms with E-state index in [0.717, 1.165) is 43.7 Å². The van der Waals surface area contributed by atoms with Crippen molar-refractivity contribution in [2.75, 3.05) is 6.54 Å². The Bertz CT molecular complexity index is 883. The number of aryl methyl sites for hydroxylation is 1. The van der Waals surface area contributed by atoms with Crippen LogP contribution in [0, 0.1) is 6.92 Å². The second-order valence-electron chi connectivity index (χ2n) is 6.70. The smallest absolute Gasteiger partial charge is 0.244 e. The van der Waals surface area contributed by atoms with Crippen LogP contribution in [0.1, 0.15) is 36.0 Å². The largest absolute Gasteiger partial charge is 0.337 e. The third kappa shape index (κ3) is 3.32. The molecule has 0 radical (unpaired) electrons. The van der Waals surface area contributed by atoms with Crippen molar-refractivity contribution in [1.29, 1.82) is 0 Å². The molecule has 0 amide bonds. The Labute approximate surface area is 153 Å². The summed E-state index contributed by atoms with van der Waals surface area (Å²) in [4.78, 5) is 7.07. The van der Waals surface area contributed by atoms with E-state index in [1.165, 1.54) is 5.56 Å². The van der Waals surface area contributed by atoms with Gasteiger partial charge in [-0.25, -0.2) is 0 Å². The third-order valence-electron chi connectivity index (χ3n) is 4.86. The van der Waals surface area contributed by atoms with Gasteiger partial charge in [0.25, 0.3) is 0 Å². The van der Waals surface area contributed by atoms with E-state index in [1.807, 2.05) is 41.1 Å². The van der Waals surface area contributed by atoms with Crippen LogP contribution in [0.3, 0.4) is 0 Å².